The van der Waals surface area contributed by atoms with Crippen LogP contribution in [0.3, 0.4) is 0 Å². The highest BCUT2D eigenvalue weighted by molar-refractivity contribution is 5.53. The lowest BCUT2D eigenvalue weighted by Gasteiger charge is -2.07. The molecule has 0 aliphatic carbocycles. The molecule has 0 saturated heterocycles. The van der Waals surface area contributed by atoms with Crippen molar-refractivity contribution in [2.45, 2.75) is 19.4 Å². The number of aliphatic hydroxyl groups excluding tert-OH is 1. The summed E-state index contributed by atoms with van der Waals surface area (Å²) in [6.45, 7) is 1.88. The first-order chi connectivity index (χ1) is 6.74. The SMILES string of the molecule is C#CC[C@@H](O)/C(C)=C\c1ccccc1. The number of aliphatic hydroxyl groups is 1. The Morgan fingerprint density at radius 3 is 2.71 bits per heavy atom. The second-order valence-corrected chi connectivity index (χ2v) is 3.22. The minimum absolute atomic E-state index is 0.370. The van der Waals surface area contributed by atoms with Gasteiger partial charge in [0.05, 0.1) is 6.10 Å². The molecule has 0 aliphatic rings. The van der Waals surface area contributed by atoms with E-state index in [-0.39, 0.29) is 0 Å². The van der Waals surface area contributed by atoms with E-state index in [1.807, 2.05) is 43.3 Å². The lowest BCUT2D eigenvalue weighted by atomic mass is 10.1. The lowest BCUT2D eigenvalue weighted by Crippen LogP contribution is -2.06. The van der Waals surface area contributed by atoms with E-state index < -0.39 is 6.10 Å². The zero-order valence-electron chi connectivity index (χ0n) is 8.27. The van der Waals surface area contributed by atoms with Gasteiger partial charge in [0, 0.05) is 6.42 Å². The first-order valence-corrected chi connectivity index (χ1v) is 4.59. The van der Waals surface area contributed by atoms with Gasteiger partial charge in [-0.2, -0.15) is 0 Å². The van der Waals surface area contributed by atoms with Crippen LogP contribution in [-0.4, -0.2) is 11.2 Å². The molecule has 1 N–H and O–H groups in total. The van der Waals surface area contributed by atoms with Crippen molar-refractivity contribution in [3.8, 4) is 12.3 Å². The molecule has 72 valence electrons. The number of hydrogen-bond acceptors (Lipinski definition) is 1. The van der Waals surface area contributed by atoms with Crippen LogP contribution >= 0.6 is 0 Å². The van der Waals surface area contributed by atoms with Gasteiger partial charge in [0.25, 0.3) is 0 Å². The van der Waals surface area contributed by atoms with Crippen molar-refractivity contribution in [2.75, 3.05) is 0 Å². The van der Waals surface area contributed by atoms with Crippen LogP contribution in [0, 0.1) is 12.3 Å². The van der Waals surface area contributed by atoms with Crippen molar-refractivity contribution in [3.63, 3.8) is 0 Å². The molecule has 0 fully saturated rings. The fraction of sp³-hybridized carbons (Fsp3) is 0.231. The largest absolute Gasteiger partial charge is 0.388 e. The van der Waals surface area contributed by atoms with Gasteiger partial charge in [0.1, 0.15) is 0 Å². The van der Waals surface area contributed by atoms with E-state index in [0.29, 0.717) is 6.42 Å². The summed E-state index contributed by atoms with van der Waals surface area (Å²) in [5.74, 6) is 2.44. The summed E-state index contributed by atoms with van der Waals surface area (Å²) in [4.78, 5) is 0. The first-order valence-electron chi connectivity index (χ1n) is 4.59. The van der Waals surface area contributed by atoms with Gasteiger partial charge in [-0.25, -0.2) is 0 Å². The third-order valence-electron chi connectivity index (χ3n) is 2.03. The van der Waals surface area contributed by atoms with Crippen LogP contribution in [0.15, 0.2) is 35.9 Å². The van der Waals surface area contributed by atoms with Crippen molar-refractivity contribution in [1.29, 1.82) is 0 Å². The Kier molecular flexibility index (Phi) is 3.97. The van der Waals surface area contributed by atoms with Crippen LogP contribution in [0.25, 0.3) is 6.08 Å². The van der Waals surface area contributed by atoms with Crippen molar-refractivity contribution in [3.05, 3.63) is 41.5 Å². The number of benzene rings is 1. The third kappa shape index (κ3) is 3.08. The van der Waals surface area contributed by atoms with Gasteiger partial charge in [0.2, 0.25) is 0 Å². The summed E-state index contributed by atoms with van der Waals surface area (Å²) in [7, 11) is 0. The average Bonchev–Trinajstić information content (AvgIpc) is 2.19. The molecular formula is C13H14O. The fourth-order valence-electron chi connectivity index (χ4n) is 1.18. The van der Waals surface area contributed by atoms with Crippen molar-refractivity contribution < 1.29 is 5.11 Å². The highest BCUT2D eigenvalue weighted by Gasteiger charge is 2.03. The van der Waals surface area contributed by atoms with Gasteiger partial charge in [-0.3, -0.25) is 0 Å². The molecule has 0 saturated carbocycles. The smallest absolute Gasteiger partial charge is 0.0859 e. The summed E-state index contributed by atoms with van der Waals surface area (Å²) in [6.07, 6.45) is 6.91. The van der Waals surface area contributed by atoms with Gasteiger partial charge >= 0.3 is 0 Å². The van der Waals surface area contributed by atoms with E-state index in [4.69, 9.17) is 6.42 Å². The molecule has 0 heterocycles. The number of hydrogen-bond donors (Lipinski definition) is 1. The molecule has 0 spiro atoms. The van der Waals surface area contributed by atoms with Crippen LogP contribution in [0.4, 0.5) is 0 Å². The van der Waals surface area contributed by atoms with E-state index in [1.54, 1.807) is 0 Å². The Morgan fingerprint density at radius 1 is 1.50 bits per heavy atom. The second-order valence-electron chi connectivity index (χ2n) is 3.22. The Bertz CT molecular complexity index is 343. The van der Waals surface area contributed by atoms with E-state index in [0.717, 1.165) is 11.1 Å². The summed E-state index contributed by atoms with van der Waals surface area (Å²) >= 11 is 0. The molecular weight excluding hydrogens is 172 g/mol. The van der Waals surface area contributed by atoms with Gasteiger partial charge in [-0.15, -0.1) is 12.3 Å². The summed E-state index contributed by atoms with van der Waals surface area (Å²) in [5.41, 5.74) is 1.98. The van der Waals surface area contributed by atoms with E-state index in [2.05, 4.69) is 5.92 Å². The topological polar surface area (TPSA) is 20.2 Å². The summed E-state index contributed by atoms with van der Waals surface area (Å²) < 4.78 is 0. The summed E-state index contributed by atoms with van der Waals surface area (Å²) in [5, 5.41) is 9.57. The van der Waals surface area contributed by atoms with E-state index >= 15 is 0 Å². The van der Waals surface area contributed by atoms with Gasteiger partial charge in [-0.1, -0.05) is 36.4 Å². The molecule has 14 heavy (non-hydrogen) atoms. The van der Waals surface area contributed by atoms with Crippen LogP contribution in [0.1, 0.15) is 18.9 Å². The second kappa shape index (κ2) is 5.26. The molecule has 1 aromatic rings. The Morgan fingerprint density at radius 2 is 2.14 bits per heavy atom. The maximum atomic E-state index is 9.57. The molecule has 0 aliphatic heterocycles. The van der Waals surface area contributed by atoms with Gasteiger partial charge < -0.3 is 5.11 Å². The Labute approximate surface area is 85.1 Å². The molecule has 0 aromatic heterocycles. The predicted molar refractivity (Wildman–Crippen MR) is 59.5 cm³/mol. The molecule has 1 nitrogen and oxygen atoms in total. The van der Waals surface area contributed by atoms with Gasteiger partial charge in [-0.05, 0) is 18.1 Å². The first kappa shape index (κ1) is 10.6. The van der Waals surface area contributed by atoms with Crippen LogP contribution in [0.5, 0.6) is 0 Å². The van der Waals surface area contributed by atoms with Gasteiger partial charge in [0.15, 0.2) is 0 Å². The maximum absolute atomic E-state index is 9.57. The highest BCUT2D eigenvalue weighted by Crippen LogP contribution is 2.11. The van der Waals surface area contributed by atoms with Crippen LogP contribution in [-0.2, 0) is 0 Å². The normalized spacial score (nSPS) is 13.4. The van der Waals surface area contributed by atoms with Crippen molar-refractivity contribution in [2.24, 2.45) is 0 Å². The number of terminal acetylenes is 1. The molecule has 1 aromatic carbocycles. The van der Waals surface area contributed by atoms with E-state index in [1.165, 1.54) is 0 Å². The Balaban J connectivity index is 2.74. The lowest BCUT2D eigenvalue weighted by molar-refractivity contribution is 0.218. The maximum Gasteiger partial charge on any atom is 0.0859 e. The highest BCUT2D eigenvalue weighted by atomic mass is 16.3. The average molecular weight is 186 g/mol. The van der Waals surface area contributed by atoms with Crippen LogP contribution < -0.4 is 0 Å². The molecule has 1 rings (SSSR count). The Hall–Kier alpha value is -1.52. The predicted octanol–water partition coefficient (Wildman–Crippen LogP) is 2.47. The van der Waals surface area contributed by atoms with Crippen molar-refractivity contribution in [1.82, 2.24) is 0 Å². The van der Waals surface area contributed by atoms with Crippen molar-refractivity contribution >= 4 is 6.08 Å². The minimum atomic E-state index is -0.528. The quantitative estimate of drug-likeness (QED) is 0.719. The zero-order valence-corrected chi connectivity index (χ0v) is 8.27. The molecule has 1 heteroatoms. The molecule has 0 unspecified atom stereocenters. The fourth-order valence-corrected chi connectivity index (χ4v) is 1.18. The molecule has 1 atom stereocenters. The molecule has 0 radical (unpaired) electrons. The van der Waals surface area contributed by atoms with E-state index in [9.17, 15) is 5.11 Å². The standard InChI is InChI=1S/C13H14O/c1-3-7-13(14)11(2)10-12-8-5-4-6-9-12/h1,4-6,8-10,13-14H,7H2,2H3/b11-10-/t13-/m1/s1. The monoisotopic (exact) mass is 186 g/mol. The zero-order chi connectivity index (χ0) is 10.4. The number of rotatable bonds is 3. The minimum Gasteiger partial charge on any atom is -0.388 e. The molecule has 0 bridgehead atoms. The third-order valence-corrected chi connectivity index (χ3v) is 2.03. The van der Waals surface area contributed by atoms with Crippen LogP contribution in [0.2, 0.25) is 0 Å². The molecule has 0 amide bonds. The summed E-state index contributed by atoms with van der Waals surface area (Å²) in [6, 6.07) is 9.88.